The van der Waals surface area contributed by atoms with Crippen molar-refractivity contribution in [1.82, 2.24) is 9.80 Å². The third-order valence-electron chi connectivity index (χ3n) is 5.81. The highest BCUT2D eigenvalue weighted by Gasteiger charge is 2.49. The summed E-state index contributed by atoms with van der Waals surface area (Å²) in [6.07, 6.45) is -3.84. The molecule has 1 aromatic heterocycles. The topological polar surface area (TPSA) is 43.9 Å². The van der Waals surface area contributed by atoms with E-state index in [1.807, 2.05) is 28.8 Å². The Labute approximate surface area is 170 Å². The number of carbonyl (C=O) groups excluding carboxylic acids is 2. The number of carbonyl (C=O) groups is 2. The van der Waals surface area contributed by atoms with Crippen LogP contribution in [0.3, 0.4) is 0 Å². The first-order valence-electron chi connectivity index (χ1n) is 9.20. The van der Waals surface area contributed by atoms with Gasteiger partial charge in [-0.1, -0.05) is 6.07 Å². The minimum Gasteiger partial charge on any atom is -0.337 e. The zero-order valence-corrected chi connectivity index (χ0v) is 16.6. The molecule has 9 heteroatoms. The van der Waals surface area contributed by atoms with Crippen LogP contribution >= 0.6 is 11.3 Å². The molecule has 1 spiro atoms. The third kappa shape index (κ3) is 3.64. The highest BCUT2D eigenvalue weighted by Crippen LogP contribution is 2.35. The van der Waals surface area contributed by atoms with Crippen molar-refractivity contribution in [2.75, 3.05) is 38.1 Å². The largest absolute Gasteiger partial charge is 0.416 e. The van der Waals surface area contributed by atoms with Crippen molar-refractivity contribution in [3.8, 4) is 0 Å². The summed E-state index contributed by atoms with van der Waals surface area (Å²) in [7, 11) is 1.86. The van der Waals surface area contributed by atoms with E-state index >= 15 is 0 Å². The van der Waals surface area contributed by atoms with E-state index < -0.39 is 23.2 Å². The average Bonchev–Trinajstić information content (AvgIpc) is 3.35. The van der Waals surface area contributed by atoms with Crippen LogP contribution in [0.25, 0.3) is 0 Å². The molecule has 0 N–H and O–H groups in total. The molecule has 0 saturated carbocycles. The average molecular weight is 423 g/mol. The van der Waals surface area contributed by atoms with Gasteiger partial charge in [-0.05, 0) is 43.1 Å². The Kier molecular flexibility index (Phi) is 4.90. The van der Waals surface area contributed by atoms with Crippen molar-refractivity contribution >= 4 is 28.8 Å². The lowest BCUT2D eigenvalue weighted by Gasteiger charge is -2.46. The minimum atomic E-state index is -4.49. The molecule has 1 atom stereocenters. The summed E-state index contributed by atoms with van der Waals surface area (Å²) in [6.45, 7) is 1.49. The maximum Gasteiger partial charge on any atom is 0.416 e. The number of amides is 2. The summed E-state index contributed by atoms with van der Waals surface area (Å²) in [5.74, 6) is -0.417. The third-order valence-corrected chi connectivity index (χ3v) is 6.48. The first-order valence-corrected chi connectivity index (χ1v) is 10.1. The number of nitrogens with zero attached hydrogens (tertiary/aromatic N) is 3. The van der Waals surface area contributed by atoms with E-state index in [2.05, 4.69) is 0 Å². The second kappa shape index (κ2) is 7.14. The molecule has 1 aromatic carbocycles. The Bertz CT molecular complexity index is 931. The molecule has 4 rings (SSSR count). The Morgan fingerprint density at radius 2 is 2.00 bits per heavy atom. The molecule has 2 aliphatic rings. The smallest absolute Gasteiger partial charge is 0.337 e. The van der Waals surface area contributed by atoms with E-state index in [0.29, 0.717) is 26.1 Å². The molecule has 0 aliphatic carbocycles. The summed E-state index contributed by atoms with van der Waals surface area (Å²) in [5, 5.41) is 3.82. The number of benzene rings is 1. The van der Waals surface area contributed by atoms with Crippen LogP contribution in [-0.2, 0) is 11.0 Å². The van der Waals surface area contributed by atoms with Gasteiger partial charge >= 0.3 is 6.18 Å². The van der Waals surface area contributed by atoms with Crippen molar-refractivity contribution in [2.24, 2.45) is 0 Å². The van der Waals surface area contributed by atoms with E-state index in [1.54, 1.807) is 9.80 Å². The highest BCUT2D eigenvalue weighted by atomic mass is 32.1. The SMILES string of the molecule is CN1CC(=O)N(c2ccsc2)CC12CCN(C(=O)c1cccc(C(F)(F)F)c1)C2. The number of thiophene rings is 1. The Morgan fingerprint density at radius 1 is 1.21 bits per heavy atom. The number of likely N-dealkylation sites (N-methyl/N-ethyl adjacent to an activating group) is 1. The standard InChI is InChI=1S/C20H20F3N3O2S/c1-24-10-17(27)26(16-5-8-29-11-16)13-19(24)6-7-25(12-19)18(28)14-3-2-4-15(9-14)20(21,22)23/h2-5,8-9,11H,6-7,10,12-13H2,1H3. The summed E-state index contributed by atoms with van der Waals surface area (Å²) < 4.78 is 39.0. The fraction of sp³-hybridized carbons (Fsp3) is 0.400. The monoisotopic (exact) mass is 423 g/mol. The summed E-state index contributed by atoms with van der Waals surface area (Å²) >= 11 is 1.51. The van der Waals surface area contributed by atoms with Gasteiger partial charge in [0.25, 0.3) is 5.91 Å². The molecule has 2 amide bonds. The normalized spacial score (nSPS) is 23.2. The minimum absolute atomic E-state index is 0.000759. The Balaban J connectivity index is 1.55. The molecule has 0 radical (unpaired) electrons. The Morgan fingerprint density at radius 3 is 2.69 bits per heavy atom. The van der Waals surface area contributed by atoms with Crippen molar-refractivity contribution in [2.45, 2.75) is 18.1 Å². The number of likely N-dealkylation sites (tertiary alicyclic amines) is 1. The van der Waals surface area contributed by atoms with Gasteiger partial charge in [0, 0.05) is 30.6 Å². The van der Waals surface area contributed by atoms with Gasteiger partial charge in [-0.25, -0.2) is 0 Å². The molecule has 0 bridgehead atoms. The lowest BCUT2D eigenvalue weighted by atomic mass is 9.93. The molecule has 2 aromatic rings. The molecule has 2 saturated heterocycles. The maximum atomic E-state index is 13.0. The molecule has 2 aliphatic heterocycles. The van der Waals surface area contributed by atoms with E-state index in [0.717, 1.165) is 17.8 Å². The number of halogens is 3. The predicted molar refractivity (Wildman–Crippen MR) is 104 cm³/mol. The zero-order valence-electron chi connectivity index (χ0n) is 15.8. The van der Waals surface area contributed by atoms with Gasteiger partial charge in [-0.2, -0.15) is 24.5 Å². The van der Waals surface area contributed by atoms with Crippen LogP contribution in [0.15, 0.2) is 41.1 Å². The van der Waals surface area contributed by atoms with Crippen LogP contribution < -0.4 is 4.90 Å². The van der Waals surface area contributed by atoms with Crippen molar-refractivity contribution < 1.29 is 22.8 Å². The van der Waals surface area contributed by atoms with Gasteiger partial charge in [-0.15, -0.1) is 0 Å². The van der Waals surface area contributed by atoms with E-state index in [1.165, 1.54) is 23.5 Å². The number of anilines is 1. The van der Waals surface area contributed by atoms with Crippen molar-refractivity contribution in [1.29, 1.82) is 0 Å². The lowest BCUT2D eigenvalue weighted by molar-refractivity contribution is -0.137. The van der Waals surface area contributed by atoms with Crippen LogP contribution in [0.5, 0.6) is 0 Å². The van der Waals surface area contributed by atoms with Crippen molar-refractivity contribution in [3.63, 3.8) is 0 Å². The molecular weight excluding hydrogens is 403 g/mol. The Hall–Kier alpha value is -2.39. The van der Waals surface area contributed by atoms with Crippen molar-refractivity contribution in [3.05, 3.63) is 52.2 Å². The number of piperazine rings is 1. The van der Waals surface area contributed by atoms with E-state index in [9.17, 15) is 22.8 Å². The highest BCUT2D eigenvalue weighted by molar-refractivity contribution is 7.08. The van der Waals surface area contributed by atoms with Gasteiger partial charge in [0.05, 0.1) is 23.3 Å². The van der Waals surface area contributed by atoms with Crippen LogP contribution in [-0.4, -0.2) is 60.4 Å². The van der Waals surface area contributed by atoms with Crippen LogP contribution in [0.4, 0.5) is 18.9 Å². The van der Waals surface area contributed by atoms with Gasteiger partial charge in [-0.3, -0.25) is 14.5 Å². The summed E-state index contributed by atoms with van der Waals surface area (Å²) in [5.41, 5.74) is -0.370. The molecule has 3 heterocycles. The van der Waals surface area contributed by atoms with Gasteiger partial charge in [0.15, 0.2) is 0 Å². The number of hydrogen-bond donors (Lipinski definition) is 0. The molecule has 1 unspecified atom stereocenters. The van der Waals surface area contributed by atoms with Crippen LogP contribution in [0, 0.1) is 0 Å². The van der Waals surface area contributed by atoms with Gasteiger partial charge in [0.1, 0.15) is 0 Å². The van der Waals surface area contributed by atoms with E-state index in [4.69, 9.17) is 0 Å². The fourth-order valence-electron chi connectivity index (χ4n) is 4.09. The van der Waals surface area contributed by atoms with Gasteiger partial charge < -0.3 is 9.80 Å². The number of hydrogen-bond acceptors (Lipinski definition) is 4. The second-order valence-electron chi connectivity index (χ2n) is 7.60. The van der Waals surface area contributed by atoms with E-state index in [-0.39, 0.29) is 18.0 Å². The molecule has 154 valence electrons. The van der Waals surface area contributed by atoms with Crippen LogP contribution in [0.1, 0.15) is 22.3 Å². The maximum absolute atomic E-state index is 13.0. The fourth-order valence-corrected chi connectivity index (χ4v) is 4.73. The van der Waals surface area contributed by atoms with Gasteiger partial charge in [0.2, 0.25) is 5.91 Å². The molecular formula is C20H20F3N3O2S. The number of rotatable bonds is 2. The number of alkyl halides is 3. The second-order valence-corrected chi connectivity index (χ2v) is 8.38. The summed E-state index contributed by atoms with van der Waals surface area (Å²) in [6, 6.07) is 6.42. The molecule has 29 heavy (non-hydrogen) atoms. The first-order chi connectivity index (χ1) is 13.7. The predicted octanol–water partition coefficient (Wildman–Crippen LogP) is 3.33. The first kappa shape index (κ1) is 19.9. The quantitative estimate of drug-likeness (QED) is 0.744. The lowest BCUT2D eigenvalue weighted by Crippen LogP contribution is -2.64. The van der Waals surface area contributed by atoms with Crippen LogP contribution in [0.2, 0.25) is 0 Å². The molecule has 2 fully saturated rings. The molecule has 5 nitrogen and oxygen atoms in total. The summed E-state index contributed by atoms with van der Waals surface area (Å²) in [4.78, 5) is 30.7. The zero-order chi connectivity index (χ0) is 20.8.